The summed E-state index contributed by atoms with van der Waals surface area (Å²) in [5.41, 5.74) is 1.62. The summed E-state index contributed by atoms with van der Waals surface area (Å²) in [4.78, 5) is 30.0. The van der Waals surface area contributed by atoms with Gasteiger partial charge in [0, 0.05) is 19.0 Å². The predicted octanol–water partition coefficient (Wildman–Crippen LogP) is 7.37. The number of amides is 2. The third-order valence-electron chi connectivity index (χ3n) is 8.25. The van der Waals surface area contributed by atoms with E-state index in [0.29, 0.717) is 23.5 Å². The molecule has 0 aliphatic rings. The third-order valence-corrected chi connectivity index (χ3v) is 10.0. The summed E-state index contributed by atoms with van der Waals surface area (Å²) in [5.74, 6) is -0.342. The van der Waals surface area contributed by atoms with Crippen molar-refractivity contribution in [3.63, 3.8) is 0 Å². The minimum Gasteiger partial charge on any atom is -0.457 e. The van der Waals surface area contributed by atoms with E-state index in [4.69, 9.17) is 4.74 Å². The molecule has 1 N–H and O–H groups in total. The van der Waals surface area contributed by atoms with Crippen molar-refractivity contribution in [3.05, 3.63) is 156 Å². The molecule has 0 aromatic heterocycles. The molecule has 258 valence electrons. The number of carbonyl (C=O) groups is 2. The van der Waals surface area contributed by atoms with Crippen LogP contribution >= 0.6 is 0 Å². The quantitative estimate of drug-likeness (QED) is 0.124. The highest BCUT2D eigenvalue weighted by molar-refractivity contribution is 7.92. The third kappa shape index (κ3) is 9.35. The number of carbonyl (C=O) groups excluding carboxylic acids is 2. The Kier molecular flexibility index (Phi) is 12.0. The molecular formula is C40H40FN3O5S. The van der Waals surface area contributed by atoms with E-state index in [1.165, 1.54) is 29.2 Å². The smallest absolute Gasteiger partial charge is 0.264 e. The fourth-order valence-electron chi connectivity index (χ4n) is 5.34. The topological polar surface area (TPSA) is 96.0 Å². The summed E-state index contributed by atoms with van der Waals surface area (Å²) in [6, 6.07) is 37.2. The highest BCUT2D eigenvalue weighted by Crippen LogP contribution is 2.29. The standard InChI is InChI=1S/C40H40FN3O5S/c1-3-30(2)42-40(46)38(27-31-13-7-4-8-14-31)43(28-32-19-21-33(41)22-20-32)39(45)29-44(50(47,48)37-17-11-6-12-18-37)34-23-25-36(26-24-34)49-35-15-9-5-10-16-35/h4-26,30,38H,3,27-29H2,1-2H3,(H,42,46)/t30-,38-/m0/s1. The molecule has 0 aliphatic carbocycles. The molecule has 50 heavy (non-hydrogen) atoms. The van der Waals surface area contributed by atoms with Gasteiger partial charge in [0.25, 0.3) is 10.0 Å². The Labute approximate surface area is 293 Å². The van der Waals surface area contributed by atoms with Crippen LogP contribution in [0, 0.1) is 5.82 Å². The normalized spacial score (nSPS) is 12.4. The Morgan fingerprint density at radius 1 is 0.740 bits per heavy atom. The summed E-state index contributed by atoms with van der Waals surface area (Å²) in [6.45, 7) is 3.15. The van der Waals surface area contributed by atoms with Crippen LogP contribution in [0.5, 0.6) is 11.5 Å². The molecule has 0 fully saturated rings. The predicted molar refractivity (Wildman–Crippen MR) is 193 cm³/mol. The Morgan fingerprint density at radius 2 is 1.30 bits per heavy atom. The molecule has 0 spiro atoms. The lowest BCUT2D eigenvalue weighted by atomic mass is 10.0. The van der Waals surface area contributed by atoms with E-state index in [9.17, 15) is 22.4 Å². The highest BCUT2D eigenvalue weighted by atomic mass is 32.2. The number of sulfonamides is 1. The number of rotatable bonds is 15. The first-order valence-electron chi connectivity index (χ1n) is 16.4. The number of para-hydroxylation sites is 1. The second-order valence-corrected chi connectivity index (χ2v) is 13.8. The zero-order valence-corrected chi connectivity index (χ0v) is 28.8. The number of nitrogens with one attached hydrogen (secondary N) is 1. The van der Waals surface area contributed by atoms with Gasteiger partial charge in [0.15, 0.2) is 0 Å². The van der Waals surface area contributed by atoms with E-state index in [-0.39, 0.29) is 35.5 Å². The van der Waals surface area contributed by atoms with Gasteiger partial charge >= 0.3 is 0 Å². The average Bonchev–Trinajstić information content (AvgIpc) is 3.14. The Balaban J connectivity index is 1.55. The molecule has 10 heteroatoms. The van der Waals surface area contributed by atoms with Gasteiger partial charge in [0.05, 0.1) is 10.6 Å². The SMILES string of the molecule is CC[C@H](C)NC(=O)[C@H](Cc1ccccc1)N(Cc1ccc(F)cc1)C(=O)CN(c1ccc(Oc2ccccc2)cc1)S(=O)(=O)c1ccccc1. The summed E-state index contributed by atoms with van der Waals surface area (Å²) in [6.07, 6.45) is 0.843. The molecule has 5 aromatic rings. The van der Waals surface area contributed by atoms with Crippen LogP contribution in [-0.4, -0.2) is 43.8 Å². The molecular weight excluding hydrogens is 654 g/mol. The molecule has 0 bridgehead atoms. The maximum Gasteiger partial charge on any atom is 0.264 e. The second kappa shape index (κ2) is 16.8. The van der Waals surface area contributed by atoms with Crippen molar-refractivity contribution < 1.29 is 27.1 Å². The van der Waals surface area contributed by atoms with E-state index in [2.05, 4.69) is 5.32 Å². The van der Waals surface area contributed by atoms with Gasteiger partial charge in [0.1, 0.15) is 29.9 Å². The number of nitrogens with zero attached hydrogens (tertiary/aromatic N) is 2. The van der Waals surface area contributed by atoms with Gasteiger partial charge in [-0.05, 0) is 85.1 Å². The highest BCUT2D eigenvalue weighted by Gasteiger charge is 2.35. The molecule has 2 amide bonds. The number of hydrogen-bond donors (Lipinski definition) is 1. The molecule has 0 aliphatic heterocycles. The Bertz CT molecular complexity index is 1940. The lowest BCUT2D eigenvalue weighted by molar-refractivity contribution is -0.140. The van der Waals surface area contributed by atoms with Crippen LogP contribution in [0.15, 0.2) is 144 Å². The molecule has 2 atom stereocenters. The zero-order chi connectivity index (χ0) is 35.5. The van der Waals surface area contributed by atoms with Gasteiger partial charge in [-0.25, -0.2) is 12.8 Å². The van der Waals surface area contributed by atoms with Crippen molar-refractivity contribution in [3.8, 4) is 11.5 Å². The number of anilines is 1. The summed E-state index contributed by atoms with van der Waals surface area (Å²) < 4.78 is 49.4. The largest absolute Gasteiger partial charge is 0.457 e. The lowest BCUT2D eigenvalue weighted by Gasteiger charge is -2.34. The number of halogens is 1. The molecule has 5 rings (SSSR count). The van der Waals surface area contributed by atoms with Gasteiger partial charge in [-0.15, -0.1) is 0 Å². The van der Waals surface area contributed by atoms with Crippen LogP contribution in [-0.2, 0) is 32.6 Å². The minimum absolute atomic E-state index is 0.00199. The summed E-state index contributed by atoms with van der Waals surface area (Å²) in [5, 5.41) is 3.01. The van der Waals surface area contributed by atoms with Crippen molar-refractivity contribution in [2.75, 3.05) is 10.8 Å². The Hall–Kier alpha value is -5.48. The lowest BCUT2D eigenvalue weighted by Crippen LogP contribution is -2.54. The number of ether oxygens (including phenoxy) is 1. The fraction of sp³-hybridized carbons (Fsp3) is 0.200. The fourth-order valence-corrected chi connectivity index (χ4v) is 6.77. The van der Waals surface area contributed by atoms with E-state index >= 15 is 0 Å². The second-order valence-electron chi connectivity index (χ2n) is 11.9. The maximum atomic E-state index is 14.6. The summed E-state index contributed by atoms with van der Waals surface area (Å²) >= 11 is 0. The van der Waals surface area contributed by atoms with Crippen LogP contribution in [0.2, 0.25) is 0 Å². The van der Waals surface area contributed by atoms with Crippen LogP contribution < -0.4 is 14.4 Å². The van der Waals surface area contributed by atoms with E-state index < -0.39 is 34.3 Å². The van der Waals surface area contributed by atoms with Gasteiger partial charge in [-0.1, -0.05) is 85.8 Å². The molecule has 5 aromatic carbocycles. The van der Waals surface area contributed by atoms with Crippen molar-refractivity contribution in [1.82, 2.24) is 10.2 Å². The van der Waals surface area contributed by atoms with Gasteiger partial charge < -0.3 is 15.0 Å². The number of hydrogen-bond acceptors (Lipinski definition) is 5. The first kappa shape index (κ1) is 35.8. The van der Waals surface area contributed by atoms with Crippen molar-refractivity contribution in [2.45, 2.75) is 50.2 Å². The minimum atomic E-state index is -4.27. The average molecular weight is 694 g/mol. The molecule has 0 unspecified atom stereocenters. The van der Waals surface area contributed by atoms with Crippen molar-refractivity contribution >= 4 is 27.5 Å². The first-order valence-corrected chi connectivity index (χ1v) is 17.9. The van der Waals surface area contributed by atoms with Crippen LogP contribution in [0.4, 0.5) is 10.1 Å². The molecule has 0 heterocycles. The van der Waals surface area contributed by atoms with Gasteiger partial charge in [0.2, 0.25) is 11.8 Å². The van der Waals surface area contributed by atoms with E-state index in [0.717, 1.165) is 9.87 Å². The van der Waals surface area contributed by atoms with Crippen LogP contribution in [0.1, 0.15) is 31.4 Å². The first-order chi connectivity index (χ1) is 24.1. The summed E-state index contributed by atoms with van der Waals surface area (Å²) in [7, 11) is -4.27. The van der Waals surface area contributed by atoms with Crippen LogP contribution in [0.25, 0.3) is 0 Å². The van der Waals surface area contributed by atoms with Gasteiger partial charge in [-0.3, -0.25) is 13.9 Å². The molecule has 0 radical (unpaired) electrons. The van der Waals surface area contributed by atoms with E-state index in [1.54, 1.807) is 66.7 Å². The number of benzene rings is 5. The zero-order valence-electron chi connectivity index (χ0n) is 28.0. The van der Waals surface area contributed by atoms with Gasteiger partial charge in [-0.2, -0.15) is 0 Å². The molecule has 8 nitrogen and oxygen atoms in total. The maximum absolute atomic E-state index is 14.6. The van der Waals surface area contributed by atoms with Crippen molar-refractivity contribution in [2.24, 2.45) is 0 Å². The monoisotopic (exact) mass is 693 g/mol. The van der Waals surface area contributed by atoms with Crippen molar-refractivity contribution in [1.29, 1.82) is 0 Å². The Morgan fingerprint density at radius 3 is 1.90 bits per heavy atom. The molecule has 0 saturated carbocycles. The van der Waals surface area contributed by atoms with Crippen LogP contribution in [0.3, 0.4) is 0 Å². The van der Waals surface area contributed by atoms with E-state index in [1.807, 2.05) is 62.4 Å². The molecule has 0 saturated heterocycles.